The lowest BCUT2D eigenvalue weighted by Gasteiger charge is -2.32. The predicted molar refractivity (Wildman–Crippen MR) is 216 cm³/mol. The molecule has 0 aliphatic carbocycles. The summed E-state index contributed by atoms with van der Waals surface area (Å²) in [5.41, 5.74) is 16.5. The predicted octanol–water partition coefficient (Wildman–Crippen LogP) is -4.68. The molecule has 0 radical (unpaired) electrons. The summed E-state index contributed by atoms with van der Waals surface area (Å²) in [5.74, 6) is -7.37. The highest BCUT2D eigenvalue weighted by molar-refractivity contribution is 5.97. The van der Waals surface area contributed by atoms with Crippen molar-refractivity contribution < 1.29 is 53.4 Å². The summed E-state index contributed by atoms with van der Waals surface area (Å²) in [6, 6.07) is -7.70. The number of hydrogen-bond donors (Lipinski definition) is 11. The van der Waals surface area contributed by atoms with Crippen molar-refractivity contribution >= 4 is 59.2 Å². The van der Waals surface area contributed by atoms with Crippen LogP contribution >= 0.6 is 0 Å². The van der Waals surface area contributed by atoms with E-state index in [1.807, 2.05) is 13.8 Å². The van der Waals surface area contributed by atoms with Gasteiger partial charge in [0, 0.05) is 19.6 Å². The van der Waals surface area contributed by atoms with Crippen molar-refractivity contribution in [1.82, 2.24) is 41.7 Å². The molecule has 0 spiro atoms. The van der Waals surface area contributed by atoms with Crippen LogP contribution in [0.2, 0.25) is 0 Å². The maximum atomic E-state index is 14.0. The summed E-state index contributed by atoms with van der Waals surface area (Å²) in [5, 5.41) is 34.0. The summed E-state index contributed by atoms with van der Waals surface area (Å²) in [6.07, 6.45) is 1.94. The maximum absolute atomic E-state index is 14.0. The average Bonchev–Trinajstić information content (AvgIpc) is 3.88. The van der Waals surface area contributed by atoms with E-state index in [0.717, 1.165) is 4.90 Å². The van der Waals surface area contributed by atoms with Crippen LogP contribution in [0.15, 0.2) is 4.99 Å². The minimum Gasteiger partial charge on any atom is -0.480 e. The molecule has 0 aromatic carbocycles. The van der Waals surface area contributed by atoms with E-state index < -0.39 is 121 Å². The van der Waals surface area contributed by atoms with Gasteiger partial charge in [-0.15, -0.1) is 0 Å². The molecule has 0 bridgehead atoms. The number of rotatable bonds is 23. The lowest BCUT2D eigenvalue weighted by atomic mass is 9.99. The van der Waals surface area contributed by atoms with E-state index >= 15 is 0 Å². The van der Waals surface area contributed by atoms with Gasteiger partial charge in [0.2, 0.25) is 47.3 Å². The number of carbonyl (C=O) groups excluding carboxylic acids is 8. The first kappa shape index (κ1) is 50.6. The molecule has 14 N–H and O–H groups in total. The van der Waals surface area contributed by atoms with E-state index in [2.05, 4.69) is 36.9 Å². The number of guanidine groups is 1. The van der Waals surface area contributed by atoms with Gasteiger partial charge in [-0.25, -0.2) is 4.79 Å². The molecule has 23 nitrogen and oxygen atoms in total. The number of nitrogens with one attached hydrogen (secondary N) is 6. The SMILES string of the molecule is CC(C)C[C@H](NC(=O)[C@H](C)N)C(=O)N[C@H](C(=O)N1CCC[C@H]1C(=O)N[C@@H](CCCN=C(N)N)C(=O)NCC(=O)N[C@@H](CO)C(=O)NCC(=O)N1CCC[C@H]1C(=O)O)C(C)C. The van der Waals surface area contributed by atoms with Crippen LogP contribution in [0.25, 0.3) is 0 Å². The van der Waals surface area contributed by atoms with E-state index in [0.29, 0.717) is 12.8 Å². The lowest BCUT2D eigenvalue weighted by molar-refractivity contribution is -0.148. The fraction of sp³-hybridized carbons (Fsp3) is 0.730. The van der Waals surface area contributed by atoms with Gasteiger partial charge in [-0.2, -0.15) is 0 Å². The zero-order chi connectivity index (χ0) is 45.3. The van der Waals surface area contributed by atoms with Crippen molar-refractivity contribution in [3.8, 4) is 0 Å². The van der Waals surface area contributed by atoms with Crippen molar-refractivity contribution in [3.63, 3.8) is 0 Å². The third-order valence-corrected chi connectivity index (χ3v) is 9.93. The third-order valence-electron chi connectivity index (χ3n) is 9.93. The zero-order valence-electron chi connectivity index (χ0n) is 35.0. The molecule has 2 aliphatic heterocycles. The third kappa shape index (κ3) is 15.9. The molecule has 0 aromatic heterocycles. The Balaban J connectivity index is 2.11. The Hall–Kier alpha value is -5.58. The number of aliphatic imine (C=N–C) groups is 1. The highest BCUT2D eigenvalue weighted by Gasteiger charge is 2.41. The van der Waals surface area contributed by atoms with Crippen molar-refractivity contribution in [2.75, 3.05) is 39.3 Å². The standard InChI is InChI=1S/C37H64N12O11/c1-19(2)15-23(46-30(53)21(5)38)33(56)47-29(20(3)4)35(58)49-14-7-10-25(49)34(57)45-22(9-6-12-41-37(39)40)31(54)42-16-27(51)44-24(18-50)32(55)43-17-28(52)48-13-8-11-26(48)36(59)60/h19-26,29,50H,6-18,38H2,1-5H3,(H,42,54)(H,43,55)(H,44,51)(H,45,57)(H,46,53)(H,47,56)(H,59,60)(H4,39,40,41)/t21-,22-,23-,24-,25-,26-,29-/m0/s1. The van der Waals surface area contributed by atoms with Crippen LogP contribution in [0, 0.1) is 11.8 Å². The molecular weight excluding hydrogens is 788 g/mol. The summed E-state index contributed by atoms with van der Waals surface area (Å²) in [7, 11) is 0. The van der Waals surface area contributed by atoms with E-state index in [4.69, 9.17) is 17.2 Å². The van der Waals surface area contributed by atoms with Crippen LogP contribution in [0.4, 0.5) is 0 Å². The van der Waals surface area contributed by atoms with Gasteiger partial charge < -0.3 is 69.1 Å². The van der Waals surface area contributed by atoms with Gasteiger partial charge in [-0.3, -0.25) is 43.3 Å². The summed E-state index contributed by atoms with van der Waals surface area (Å²) >= 11 is 0. The number of hydrogen-bond acceptors (Lipinski definition) is 12. The second-order valence-electron chi connectivity index (χ2n) is 15.7. The average molecular weight is 853 g/mol. The van der Waals surface area contributed by atoms with Crippen molar-refractivity contribution in [2.24, 2.45) is 34.0 Å². The Morgan fingerprint density at radius 3 is 1.90 bits per heavy atom. The van der Waals surface area contributed by atoms with Crippen molar-refractivity contribution in [3.05, 3.63) is 0 Å². The molecular formula is C37H64N12O11. The van der Waals surface area contributed by atoms with Gasteiger partial charge >= 0.3 is 5.97 Å². The molecule has 60 heavy (non-hydrogen) atoms. The van der Waals surface area contributed by atoms with Gasteiger partial charge in [0.15, 0.2) is 5.96 Å². The normalized spacial score (nSPS) is 18.7. The first-order valence-electron chi connectivity index (χ1n) is 20.2. The second kappa shape index (κ2) is 24.5. The number of nitrogens with zero attached hydrogens (tertiary/aromatic N) is 3. The number of nitrogens with two attached hydrogens (primary N) is 3. The topological polar surface area (TPSA) is 363 Å². The van der Waals surface area contributed by atoms with E-state index in [1.165, 1.54) is 11.8 Å². The molecule has 2 heterocycles. The molecule has 2 fully saturated rings. The number of aliphatic hydroxyl groups excluding tert-OH is 1. The van der Waals surface area contributed by atoms with Crippen LogP contribution < -0.4 is 49.1 Å². The molecule has 0 aromatic rings. The van der Waals surface area contributed by atoms with Gasteiger partial charge in [-0.1, -0.05) is 27.7 Å². The number of carboxylic acids is 1. The molecule has 0 saturated carbocycles. The minimum atomic E-state index is -1.52. The number of amides is 8. The Bertz CT molecular complexity index is 1590. The Kier molecular flexibility index (Phi) is 20.6. The molecule has 2 saturated heterocycles. The summed E-state index contributed by atoms with van der Waals surface area (Å²) in [4.78, 5) is 123. The van der Waals surface area contributed by atoms with Crippen molar-refractivity contribution in [2.45, 2.75) is 122 Å². The number of aliphatic carboxylic acids is 1. The van der Waals surface area contributed by atoms with Crippen LogP contribution in [-0.4, -0.2) is 161 Å². The minimum absolute atomic E-state index is 0.00114. The summed E-state index contributed by atoms with van der Waals surface area (Å²) in [6.45, 7) is 7.03. The maximum Gasteiger partial charge on any atom is 0.326 e. The molecule has 7 atom stereocenters. The van der Waals surface area contributed by atoms with Crippen LogP contribution in [-0.2, 0) is 43.2 Å². The molecule has 338 valence electrons. The lowest BCUT2D eigenvalue weighted by Crippen LogP contribution is -2.60. The van der Waals surface area contributed by atoms with Gasteiger partial charge in [-0.05, 0) is 63.7 Å². The number of carboxylic acid groups (broad SMARTS) is 1. The molecule has 0 unspecified atom stereocenters. The Labute approximate surface area is 349 Å². The van der Waals surface area contributed by atoms with Gasteiger partial charge in [0.25, 0.3) is 0 Å². The molecule has 23 heteroatoms. The number of carbonyl (C=O) groups is 9. The zero-order valence-corrected chi connectivity index (χ0v) is 35.0. The molecule has 2 aliphatic rings. The van der Waals surface area contributed by atoms with Crippen LogP contribution in [0.3, 0.4) is 0 Å². The fourth-order valence-electron chi connectivity index (χ4n) is 6.73. The highest BCUT2D eigenvalue weighted by atomic mass is 16.4. The highest BCUT2D eigenvalue weighted by Crippen LogP contribution is 2.22. The van der Waals surface area contributed by atoms with Crippen molar-refractivity contribution in [1.29, 1.82) is 0 Å². The Morgan fingerprint density at radius 1 is 0.733 bits per heavy atom. The monoisotopic (exact) mass is 852 g/mol. The smallest absolute Gasteiger partial charge is 0.326 e. The first-order valence-corrected chi connectivity index (χ1v) is 20.2. The number of aliphatic hydroxyl groups is 1. The first-order chi connectivity index (χ1) is 28.2. The van der Waals surface area contributed by atoms with Crippen LogP contribution in [0.1, 0.15) is 79.6 Å². The van der Waals surface area contributed by atoms with E-state index in [-0.39, 0.29) is 63.6 Å². The van der Waals surface area contributed by atoms with E-state index in [1.54, 1.807) is 13.8 Å². The Morgan fingerprint density at radius 2 is 1.33 bits per heavy atom. The molecule has 2 rings (SSSR count). The van der Waals surface area contributed by atoms with E-state index in [9.17, 15) is 53.4 Å². The summed E-state index contributed by atoms with van der Waals surface area (Å²) < 4.78 is 0. The van der Waals surface area contributed by atoms with Gasteiger partial charge in [0.05, 0.1) is 25.7 Å². The quantitative estimate of drug-likeness (QED) is 0.0262. The fourth-order valence-corrected chi connectivity index (χ4v) is 6.73. The van der Waals surface area contributed by atoms with Crippen LogP contribution in [0.5, 0.6) is 0 Å². The second-order valence-corrected chi connectivity index (χ2v) is 15.7. The number of likely N-dealkylation sites (tertiary alicyclic amines) is 2. The largest absolute Gasteiger partial charge is 0.480 e. The molecule has 8 amide bonds. The van der Waals surface area contributed by atoms with Gasteiger partial charge in [0.1, 0.15) is 36.3 Å².